The Bertz CT molecular complexity index is 601. The molecular weight excluding hydrogens is 262 g/mol. The van der Waals surface area contributed by atoms with Crippen LogP contribution in [0.25, 0.3) is 0 Å². The van der Waals surface area contributed by atoms with Crippen LogP contribution in [0.5, 0.6) is 0 Å². The molecule has 102 valence electrons. The van der Waals surface area contributed by atoms with Crippen LogP contribution in [0.3, 0.4) is 0 Å². The third-order valence-corrected chi connectivity index (χ3v) is 4.54. The number of nitrogens with one attached hydrogen (secondary N) is 1. The first-order chi connectivity index (χ1) is 9.08. The summed E-state index contributed by atoms with van der Waals surface area (Å²) in [7, 11) is -3.21. The second kappa shape index (κ2) is 6.04. The Morgan fingerprint density at radius 3 is 2.53 bits per heavy atom. The summed E-state index contributed by atoms with van der Waals surface area (Å²) in [6.07, 6.45) is 1.60. The van der Waals surface area contributed by atoms with Gasteiger partial charge in [0.2, 0.25) is 0 Å². The third-order valence-electron chi connectivity index (χ3n) is 2.81. The molecule has 1 aromatic carbocycles. The number of aryl methyl sites for hydroxylation is 1. The molecule has 0 radical (unpaired) electrons. The zero-order chi connectivity index (χ0) is 13.7. The maximum Gasteiger partial charge on any atom is 0.179 e. The summed E-state index contributed by atoms with van der Waals surface area (Å²) in [6, 6.07) is 10.6. The Kier molecular flexibility index (Phi) is 4.39. The topological polar surface area (TPSA) is 59.3 Å². The molecule has 0 aliphatic carbocycles. The standard InChI is InChI=1S/C14H17NO3S/c1-12-4-6-14(7-5-12)19(16,17)10-8-15-11-13-3-2-9-18-13/h2-7,9,15H,8,10-11H2,1H3. The number of rotatable bonds is 6. The van der Waals surface area contributed by atoms with Crippen LogP contribution in [-0.2, 0) is 16.4 Å². The van der Waals surface area contributed by atoms with Crippen LogP contribution >= 0.6 is 0 Å². The van der Waals surface area contributed by atoms with Gasteiger partial charge in [-0.2, -0.15) is 0 Å². The molecule has 5 heteroatoms. The lowest BCUT2D eigenvalue weighted by Crippen LogP contribution is -2.22. The molecular formula is C14H17NO3S. The van der Waals surface area contributed by atoms with E-state index in [0.29, 0.717) is 18.0 Å². The van der Waals surface area contributed by atoms with E-state index in [1.807, 2.05) is 25.1 Å². The van der Waals surface area contributed by atoms with E-state index in [9.17, 15) is 8.42 Å². The molecule has 0 saturated heterocycles. The lowest BCUT2D eigenvalue weighted by molar-refractivity contribution is 0.487. The Morgan fingerprint density at radius 2 is 1.89 bits per heavy atom. The van der Waals surface area contributed by atoms with Crippen molar-refractivity contribution in [3.05, 3.63) is 54.0 Å². The number of hydrogen-bond donors (Lipinski definition) is 1. The summed E-state index contributed by atoms with van der Waals surface area (Å²) in [6.45, 7) is 2.87. The molecule has 0 unspecified atom stereocenters. The Labute approximate surface area is 113 Å². The fourth-order valence-corrected chi connectivity index (χ4v) is 2.89. The average Bonchev–Trinajstić information content (AvgIpc) is 2.88. The highest BCUT2D eigenvalue weighted by atomic mass is 32.2. The van der Waals surface area contributed by atoms with Crippen molar-refractivity contribution in [1.82, 2.24) is 5.32 Å². The van der Waals surface area contributed by atoms with Crippen LogP contribution in [0.4, 0.5) is 0 Å². The second-order valence-electron chi connectivity index (χ2n) is 4.39. The van der Waals surface area contributed by atoms with Gasteiger partial charge in [0.25, 0.3) is 0 Å². The molecule has 0 bridgehead atoms. The normalized spacial score (nSPS) is 11.6. The van der Waals surface area contributed by atoms with Gasteiger partial charge in [-0.25, -0.2) is 8.42 Å². The molecule has 0 amide bonds. The van der Waals surface area contributed by atoms with Crippen molar-refractivity contribution in [1.29, 1.82) is 0 Å². The fourth-order valence-electron chi connectivity index (χ4n) is 1.69. The van der Waals surface area contributed by atoms with E-state index < -0.39 is 9.84 Å². The predicted octanol–water partition coefficient (Wildman–Crippen LogP) is 2.15. The van der Waals surface area contributed by atoms with Crippen LogP contribution in [0.15, 0.2) is 52.0 Å². The van der Waals surface area contributed by atoms with E-state index in [0.717, 1.165) is 11.3 Å². The van der Waals surface area contributed by atoms with Gasteiger partial charge in [-0.05, 0) is 31.2 Å². The minimum absolute atomic E-state index is 0.0801. The van der Waals surface area contributed by atoms with Crippen molar-refractivity contribution in [2.75, 3.05) is 12.3 Å². The SMILES string of the molecule is Cc1ccc(S(=O)(=O)CCNCc2ccco2)cc1. The summed E-state index contributed by atoms with van der Waals surface area (Å²) >= 11 is 0. The van der Waals surface area contributed by atoms with Gasteiger partial charge in [0.05, 0.1) is 23.5 Å². The van der Waals surface area contributed by atoms with Crippen LogP contribution in [0.1, 0.15) is 11.3 Å². The van der Waals surface area contributed by atoms with Crippen molar-refractivity contribution in [2.24, 2.45) is 0 Å². The van der Waals surface area contributed by atoms with Crippen molar-refractivity contribution >= 4 is 9.84 Å². The first kappa shape index (κ1) is 13.8. The number of hydrogen-bond acceptors (Lipinski definition) is 4. The van der Waals surface area contributed by atoms with Gasteiger partial charge in [-0.3, -0.25) is 0 Å². The van der Waals surface area contributed by atoms with Gasteiger partial charge in [-0.15, -0.1) is 0 Å². The minimum Gasteiger partial charge on any atom is -0.468 e. The fraction of sp³-hybridized carbons (Fsp3) is 0.286. The molecule has 1 heterocycles. The van der Waals surface area contributed by atoms with Gasteiger partial charge in [-0.1, -0.05) is 17.7 Å². The van der Waals surface area contributed by atoms with Gasteiger partial charge < -0.3 is 9.73 Å². The third kappa shape index (κ3) is 3.94. The number of furan rings is 1. The van der Waals surface area contributed by atoms with E-state index in [-0.39, 0.29) is 5.75 Å². The molecule has 0 aliphatic rings. The molecule has 0 fully saturated rings. The summed E-state index contributed by atoms with van der Waals surface area (Å²) in [5, 5.41) is 3.05. The predicted molar refractivity (Wildman–Crippen MR) is 73.6 cm³/mol. The van der Waals surface area contributed by atoms with E-state index in [1.54, 1.807) is 24.5 Å². The lowest BCUT2D eigenvalue weighted by atomic mass is 10.2. The molecule has 0 aliphatic heterocycles. The molecule has 1 N–H and O–H groups in total. The van der Waals surface area contributed by atoms with E-state index >= 15 is 0 Å². The maximum atomic E-state index is 12.0. The molecule has 0 atom stereocenters. The first-order valence-corrected chi connectivity index (χ1v) is 7.76. The highest BCUT2D eigenvalue weighted by molar-refractivity contribution is 7.91. The van der Waals surface area contributed by atoms with Crippen LogP contribution in [0.2, 0.25) is 0 Å². The first-order valence-electron chi connectivity index (χ1n) is 6.10. The lowest BCUT2D eigenvalue weighted by Gasteiger charge is -2.05. The van der Waals surface area contributed by atoms with Crippen LogP contribution in [-0.4, -0.2) is 20.7 Å². The molecule has 2 aromatic rings. The second-order valence-corrected chi connectivity index (χ2v) is 6.50. The van der Waals surface area contributed by atoms with Crippen LogP contribution in [0, 0.1) is 6.92 Å². The molecule has 0 saturated carbocycles. The minimum atomic E-state index is -3.21. The van der Waals surface area contributed by atoms with E-state index in [4.69, 9.17) is 4.42 Å². The van der Waals surface area contributed by atoms with Crippen molar-refractivity contribution in [3.63, 3.8) is 0 Å². The van der Waals surface area contributed by atoms with Crippen molar-refractivity contribution in [2.45, 2.75) is 18.4 Å². The van der Waals surface area contributed by atoms with Gasteiger partial charge in [0.15, 0.2) is 9.84 Å². The maximum absolute atomic E-state index is 12.0. The van der Waals surface area contributed by atoms with Crippen molar-refractivity contribution < 1.29 is 12.8 Å². The molecule has 1 aromatic heterocycles. The van der Waals surface area contributed by atoms with E-state index in [2.05, 4.69) is 5.32 Å². The highest BCUT2D eigenvalue weighted by Crippen LogP contribution is 2.11. The number of sulfone groups is 1. The summed E-state index contributed by atoms with van der Waals surface area (Å²) < 4.78 is 29.2. The van der Waals surface area contributed by atoms with Crippen LogP contribution < -0.4 is 5.32 Å². The zero-order valence-corrected chi connectivity index (χ0v) is 11.6. The van der Waals surface area contributed by atoms with Gasteiger partial charge in [0, 0.05) is 6.54 Å². The average molecular weight is 279 g/mol. The Balaban J connectivity index is 1.86. The largest absolute Gasteiger partial charge is 0.468 e. The number of benzene rings is 1. The van der Waals surface area contributed by atoms with Gasteiger partial charge in [0.1, 0.15) is 5.76 Å². The highest BCUT2D eigenvalue weighted by Gasteiger charge is 2.13. The summed E-state index contributed by atoms with van der Waals surface area (Å²) in [4.78, 5) is 0.373. The van der Waals surface area contributed by atoms with E-state index in [1.165, 1.54) is 0 Å². The smallest absolute Gasteiger partial charge is 0.179 e. The zero-order valence-electron chi connectivity index (χ0n) is 10.8. The Hall–Kier alpha value is -1.59. The Morgan fingerprint density at radius 1 is 1.16 bits per heavy atom. The van der Waals surface area contributed by atoms with Gasteiger partial charge >= 0.3 is 0 Å². The quantitative estimate of drug-likeness (QED) is 0.823. The molecule has 19 heavy (non-hydrogen) atoms. The summed E-state index contributed by atoms with van der Waals surface area (Å²) in [5.41, 5.74) is 1.05. The molecule has 0 spiro atoms. The van der Waals surface area contributed by atoms with Crippen molar-refractivity contribution in [3.8, 4) is 0 Å². The molecule has 2 rings (SSSR count). The summed E-state index contributed by atoms with van der Waals surface area (Å²) in [5.74, 6) is 0.879. The molecule has 4 nitrogen and oxygen atoms in total. The monoisotopic (exact) mass is 279 g/mol.